The molecule has 1 fully saturated rings. The van der Waals surface area contributed by atoms with Crippen molar-refractivity contribution in [2.75, 3.05) is 13.1 Å². The number of aryl methyl sites for hydroxylation is 1. The van der Waals surface area contributed by atoms with Gasteiger partial charge in [-0.15, -0.1) is 0 Å². The maximum Gasteiger partial charge on any atom is 0.223 e. The van der Waals surface area contributed by atoms with Gasteiger partial charge in [0.05, 0.1) is 0 Å². The summed E-state index contributed by atoms with van der Waals surface area (Å²) >= 11 is 0. The second-order valence-corrected chi connectivity index (χ2v) is 4.85. The summed E-state index contributed by atoms with van der Waals surface area (Å²) in [6.45, 7) is 5.25. The Morgan fingerprint density at radius 2 is 1.88 bits per heavy atom. The molecule has 1 aliphatic rings. The highest BCUT2D eigenvalue weighted by molar-refractivity contribution is 5.80. The molecule has 2 nitrogen and oxygen atoms in total. The molecule has 0 unspecified atom stereocenters. The van der Waals surface area contributed by atoms with E-state index in [9.17, 15) is 4.79 Å². The lowest BCUT2D eigenvalue weighted by atomic mass is 9.90. The number of piperidine rings is 1. The minimum Gasteiger partial charge on any atom is -0.343 e. The van der Waals surface area contributed by atoms with Gasteiger partial charge in [0.15, 0.2) is 0 Å². The van der Waals surface area contributed by atoms with E-state index < -0.39 is 0 Å². The fourth-order valence-corrected chi connectivity index (χ4v) is 2.49. The number of amides is 1. The Morgan fingerprint density at radius 1 is 1.24 bits per heavy atom. The summed E-state index contributed by atoms with van der Waals surface area (Å²) in [5, 5.41) is 0. The van der Waals surface area contributed by atoms with E-state index >= 15 is 0 Å². The average Bonchev–Trinajstić information content (AvgIpc) is 2.38. The fourth-order valence-electron chi connectivity index (χ4n) is 2.49. The molecule has 1 radical (unpaired) electrons. The number of carbonyl (C=O) groups excluding carboxylic acids is 1. The fraction of sp³-hybridized carbons (Fsp3) is 0.467. The number of rotatable bonds is 3. The molecular formula is C15H20NO. The van der Waals surface area contributed by atoms with Crippen LogP contribution in [0.15, 0.2) is 30.3 Å². The van der Waals surface area contributed by atoms with Gasteiger partial charge in [0, 0.05) is 20.0 Å². The quantitative estimate of drug-likeness (QED) is 0.782. The number of hydrogen-bond donors (Lipinski definition) is 0. The number of benzene rings is 1. The minimum atomic E-state index is -0.0218. The standard InChI is InChI=1S/C15H20NO/c1-13(17)16-11-9-15(10-12-16)8-7-14-5-3-2-4-6-14/h2-6,15H,1,7-12H2. The molecule has 2 heteroatoms. The van der Waals surface area contributed by atoms with Gasteiger partial charge in [0.25, 0.3) is 0 Å². The lowest BCUT2D eigenvalue weighted by Crippen LogP contribution is -2.37. The van der Waals surface area contributed by atoms with Crippen LogP contribution in [0.4, 0.5) is 0 Å². The van der Waals surface area contributed by atoms with Crippen molar-refractivity contribution in [3.8, 4) is 0 Å². The van der Waals surface area contributed by atoms with Crippen molar-refractivity contribution in [3.63, 3.8) is 0 Å². The molecular weight excluding hydrogens is 210 g/mol. The van der Waals surface area contributed by atoms with Gasteiger partial charge in [-0.05, 0) is 37.2 Å². The second kappa shape index (κ2) is 5.85. The van der Waals surface area contributed by atoms with Crippen LogP contribution in [0, 0.1) is 12.8 Å². The van der Waals surface area contributed by atoms with E-state index in [-0.39, 0.29) is 5.91 Å². The Labute approximate surface area is 104 Å². The molecule has 0 bridgehead atoms. The molecule has 17 heavy (non-hydrogen) atoms. The minimum absolute atomic E-state index is 0.0218. The summed E-state index contributed by atoms with van der Waals surface area (Å²) in [5.41, 5.74) is 1.42. The third-order valence-electron chi connectivity index (χ3n) is 3.65. The first-order valence-electron chi connectivity index (χ1n) is 6.40. The van der Waals surface area contributed by atoms with E-state index in [1.807, 2.05) is 4.90 Å². The van der Waals surface area contributed by atoms with Crippen molar-refractivity contribution >= 4 is 5.91 Å². The third kappa shape index (κ3) is 3.58. The third-order valence-corrected chi connectivity index (χ3v) is 3.65. The zero-order valence-corrected chi connectivity index (χ0v) is 10.3. The molecule has 1 saturated heterocycles. The van der Waals surface area contributed by atoms with Crippen molar-refractivity contribution in [1.29, 1.82) is 0 Å². The Hall–Kier alpha value is -1.31. The molecule has 0 N–H and O–H groups in total. The van der Waals surface area contributed by atoms with Gasteiger partial charge in [-0.3, -0.25) is 4.79 Å². The molecule has 0 atom stereocenters. The van der Waals surface area contributed by atoms with Gasteiger partial charge in [-0.1, -0.05) is 30.3 Å². The molecule has 0 spiro atoms. The molecule has 1 aromatic carbocycles. The topological polar surface area (TPSA) is 20.3 Å². The first-order valence-corrected chi connectivity index (χ1v) is 6.40. The van der Waals surface area contributed by atoms with Crippen molar-refractivity contribution in [3.05, 3.63) is 42.8 Å². The zero-order valence-electron chi connectivity index (χ0n) is 10.3. The highest BCUT2D eigenvalue weighted by Crippen LogP contribution is 2.22. The Bertz CT molecular complexity index is 352. The second-order valence-electron chi connectivity index (χ2n) is 4.85. The number of hydrogen-bond acceptors (Lipinski definition) is 1. The van der Waals surface area contributed by atoms with E-state index in [0.29, 0.717) is 0 Å². The van der Waals surface area contributed by atoms with Crippen LogP contribution in [0.5, 0.6) is 0 Å². The Kier molecular flexibility index (Phi) is 4.18. The first-order chi connectivity index (χ1) is 8.25. The zero-order chi connectivity index (χ0) is 12.1. The molecule has 0 saturated carbocycles. The summed E-state index contributed by atoms with van der Waals surface area (Å²) in [5.74, 6) is 0.748. The summed E-state index contributed by atoms with van der Waals surface area (Å²) in [7, 11) is 0. The Morgan fingerprint density at radius 3 is 2.47 bits per heavy atom. The molecule has 2 rings (SSSR count). The summed E-state index contributed by atoms with van der Waals surface area (Å²) in [6, 6.07) is 10.6. The van der Waals surface area contributed by atoms with Gasteiger partial charge in [-0.2, -0.15) is 0 Å². The SMILES string of the molecule is [CH2]C(=O)N1CCC(CCc2ccccc2)CC1. The van der Waals surface area contributed by atoms with Crippen LogP contribution in [-0.4, -0.2) is 23.9 Å². The van der Waals surface area contributed by atoms with E-state index in [0.717, 1.165) is 38.3 Å². The molecule has 0 aliphatic carbocycles. The van der Waals surface area contributed by atoms with Crippen LogP contribution in [0.25, 0.3) is 0 Å². The molecule has 1 amide bonds. The van der Waals surface area contributed by atoms with Gasteiger partial charge < -0.3 is 4.90 Å². The molecule has 1 aliphatic heterocycles. The van der Waals surface area contributed by atoms with Gasteiger partial charge >= 0.3 is 0 Å². The molecule has 91 valence electrons. The van der Waals surface area contributed by atoms with Crippen LogP contribution < -0.4 is 0 Å². The lowest BCUT2D eigenvalue weighted by molar-refractivity contribution is -0.127. The van der Waals surface area contributed by atoms with E-state index in [2.05, 4.69) is 37.3 Å². The number of nitrogens with zero attached hydrogens (tertiary/aromatic N) is 1. The van der Waals surface area contributed by atoms with Gasteiger partial charge in [-0.25, -0.2) is 0 Å². The summed E-state index contributed by atoms with van der Waals surface area (Å²) in [4.78, 5) is 13.0. The average molecular weight is 230 g/mol. The van der Waals surface area contributed by atoms with Gasteiger partial charge in [0.1, 0.15) is 0 Å². The summed E-state index contributed by atoms with van der Waals surface area (Å²) < 4.78 is 0. The van der Waals surface area contributed by atoms with E-state index in [1.54, 1.807) is 0 Å². The highest BCUT2D eigenvalue weighted by Gasteiger charge is 2.20. The number of carbonyl (C=O) groups is 1. The van der Waals surface area contributed by atoms with Crippen molar-refractivity contribution < 1.29 is 4.79 Å². The van der Waals surface area contributed by atoms with Crippen LogP contribution in [-0.2, 0) is 11.2 Å². The predicted octanol–water partition coefficient (Wildman–Crippen LogP) is 2.69. The van der Waals surface area contributed by atoms with Gasteiger partial charge in [0.2, 0.25) is 5.91 Å². The van der Waals surface area contributed by atoms with Crippen LogP contribution in [0.2, 0.25) is 0 Å². The maximum atomic E-state index is 11.1. The van der Waals surface area contributed by atoms with E-state index in [4.69, 9.17) is 0 Å². The van der Waals surface area contributed by atoms with Crippen molar-refractivity contribution in [2.45, 2.75) is 25.7 Å². The largest absolute Gasteiger partial charge is 0.343 e. The lowest BCUT2D eigenvalue weighted by Gasteiger charge is -2.31. The maximum absolute atomic E-state index is 11.1. The predicted molar refractivity (Wildman–Crippen MR) is 69.4 cm³/mol. The van der Waals surface area contributed by atoms with Crippen molar-refractivity contribution in [2.24, 2.45) is 5.92 Å². The van der Waals surface area contributed by atoms with Crippen LogP contribution >= 0.6 is 0 Å². The number of likely N-dealkylation sites (tertiary alicyclic amines) is 1. The van der Waals surface area contributed by atoms with Crippen LogP contribution in [0.3, 0.4) is 0 Å². The molecule has 1 heterocycles. The first kappa shape index (κ1) is 12.2. The molecule has 1 aromatic rings. The Balaban J connectivity index is 1.74. The normalized spacial score (nSPS) is 17.1. The van der Waals surface area contributed by atoms with Crippen LogP contribution in [0.1, 0.15) is 24.8 Å². The summed E-state index contributed by atoms with van der Waals surface area (Å²) in [6.07, 6.45) is 4.66. The van der Waals surface area contributed by atoms with Crippen molar-refractivity contribution in [1.82, 2.24) is 4.90 Å². The molecule has 0 aromatic heterocycles. The highest BCUT2D eigenvalue weighted by atomic mass is 16.2. The smallest absolute Gasteiger partial charge is 0.223 e. The van der Waals surface area contributed by atoms with E-state index in [1.165, 1.54) is 12.0 Å². The monoisotopic (exact) mass is 230 g/mol.